The van der Waals surface area contributed by atoms with Gasteiger partial charge in [0, 0.05) is 22.4 Å². The fourth-order valence-corrected chi connectivity index (χ4v) is 2.84. The lowest BCUT2D eigenvalue weighted by Gasteiger charge is -2.02. The van der Waals surface area contributed by atoms with Crippen molar-refractivity contribution in [3.8, 4) is 11.4 Å². The zero-order chi connectivity index (χ0) is 15.2. The van der Waals surface area contributed by atoms with E-state index in [1.807, 2.05) is 54.6 Å². The number of rotatable bonds is 1. The summed E-state index contributed by atoms with van der Waals surface area (Å²) < 4.78 is 5.75. The Balaban J connectivity index is 1.73. The molecule has 0 aliphatic heterocycles. The third-order valence-electron chi connectivity index (χ3n) is 3.98. The first-order valence-electron chi connectivity index (χ1n) is 7.39. The number of fused-ring (bicyclic) bond motifs is 4. The maximum atomic E-state index is 5.75. The van der Waals surface area contributed by atoms with Gasteiger partial charge in [0.15, 0.2) is 0 Å². The highest BCUT2D eigenvalue weighted by molar-refractivity contribution is 6.02. The Bertz CT molecular complexity index is 1180. The highest BCUT2D eigenvalue weighted by atomic mass is 16.3. The van der Waals surface area contributed by atoms with Crippen LogP contribution in [0.5, 0.6) is 0 Å². The van der Waals surface area contributed by atoms with Crippen molar-refractivity contribution >= 4 is 33.1 Å². The molecule has 0 aliphatic rings. The molecule has 1 aromatic carbocycles. The highest BCUT2D eigenvalue weighted by Gasteiger charge is 2.11. The molecule has 4 aromatic heterocycles. The van der Waals surface area contributed by atoms with Crippen LogP contribution in [0.2, 0.25) is 0 Å². The molecule has 5 aromatic rings. The van der Waals surface area contributed by atoms with Gasteiger partial charge in [-0.2, -0.15) is 0 Å². The average molecular weight is 297 g/mol. The van der Waals surface area contributed by atoms with E-state index in [0.29, 0.717) is 11.4 Å². The zero-order valence-electron chi connectivity index (χ0n) is 12.1. The van der Waals surface area contributed by atoms with Crippen molar-refractivity contribution < 1.29 is 4.42 Å². The molecule has 0 atom stereocenters. The second-order valence-corrected chi connectivity index (χ2v) is 5.40. The third-order valence-corrected chi connectivity index (χ3v) is 3.98. The molecule has 23 heavy (non-hydrogen) atoms. The molecule has 0 fully saturated rings. The van der Waals surface area contributed by atoms with E-state index in [4.69, 9.17) is 4.42 Å². The molecule has 0 N–H and O–H groups in total. The number of nitrogens with zero attached hydrogens (tertiary/aromatic N) is 3. The summed E-state index contributed by atoms with van der Waals surface area (Å²) in [6.45, 7) is 0. The van der Waals surface area contributed by atoms with Crippen LogP contribution >= 0.6 is 0 Å². The Kier molecular flexibility index (Phi) is 2.46. The van der Waals surface area contributed by atoms with Crippen LogP contribution in [0.4, 0.5) is 0 Å². The first-order valence-corrected chi connectivity index (χ1v) is 7.39. The van der Waals surface area contributed by atoms with Crippen molar-refractivity contribution in [2.75, 3.05) is 0 Å². The SMILES string of the molecule is c1ccc2nc(-c3ccc4c(n3)oc3ncccc34)ccc2c1. The van der Waals surface area contributed by atoms with E-state index >= 15 is 0 Å². The zero-order valence-corrected chi connectivity index (χ0v) is 12.1. The number of furan rings is 1. The van der Waals surface area contributed by atoms with Gasteiger partial charge in [-0.05, 0) is 36.4 Å². The van der Waals surface area contributed by atoms with Gasteiger partial charge in [-0.1, -0.05) is 24.3 Å². The van der Waals surface area contributed by atoms with Gasteiger partial charge in [-0.25, -0.2) is 15.0 Å². The van der Waals surface area contributed by atoms with Crippen molar-refractivity contribution in [3.63, 3.8) is 0 Å². The normalized spacial score (nSPS) is 11.5. The topological polar surface area (TPSA) is 51.8 Å². The van der Waals surface area contributed by atoms with E-state index in [-0.39, 0.29) is 0 Å². The summed E-state index contributed by atoms with van der Waals surface area (Å²) in [5, 5.41) is 3.07. The van der Waals surface area contributed by atoms with Gasteiger partial charge in [-0.3, -0.25) is 0 Å². The molecule has 0 amide bonds. The van der Waals surface area contributed by atoms with E-state index in [2.05, 4.69) is 21.0 Å². The maximum absolute atomic E-state index is 5.75. The lowest BCUT2D eigenvalue weighted by atomic mass is 10.1. The predicted octanol–water partition coefficient (Wildman–Crippen LogP) is 4.59. The largest absolute Gasteiger partial charge is 0.419 e. The third kappa shape index (κ3) is 1.89. The number of pyridine rings is 3. The van der Waals surface area contributed by atoms with Gasteiger partial charge < -0.3 is 4.42 Å². The smallest absolute Gasteiger partial charge is 0.230 e. The molecule has 0 aliphatic carbocycles. The summed E-state index contributed by atoms with van der Waals surface area (Å²) in [6, 6.07) is 20.0. The molecule has 0 unspecified atom stereocenters. The maximum Gasteiger partial charge on any atom is 0.230 e. The van der Waals surface area contributed by atoms with Crippen molar-refractivity contribution in [3.05, 3.63) is 66.9 Å². The lowest BCUT2D eigenvalue weighted by Crippen LogP contribution is -1.88. The molecule has 4 heterocycles. The summed E-state index contributed by atoms with van der Waals surface area (Å²) in [5.74, 6) is 0. The Labute approximate surface area is 131 Å². The molecule has 4 nitrogen and oxygen atoms in total. The number of hydrogen-bond donors (Lipinski definition) is 0. The molecule has 5 rings (SSSR count). The van der Waals surface area contributed by atoms with Crippen LogP contribution in [0.25, 0.3) is 44.5 Å². The number of hydrogen-bond acceptors (Lipinski definition) is 4. The van der Waals surface area contributed by atoms with Gasteiger partial charge in [0.25, 0.3) is 0 Å². The lowest BCUT2D eigenvalue weighted by molar-refractivity contribution is 0.640. The molecular formula is C19H11N3O. The molecule has 0 saturated heterocycles. The van der Waals surface area contributed by atoms with Crippen LogP contribution in [-0.2, 0) is 0 Å². The van der Waals surface area contributed by atoms with E-state index in [0.717, 1.165) is 33.1 Å². The fraction of sp³-hybridized carbons (Fsp3) is 0. The summed E-state index contributed by atoms with van der Waals surface area (Å²) in [6.07, 6.45) is 1.72. The van der Waals surface area contributed by atoms with Gasteiger partial charge in [0.2, 0.25) is 11.4 Å². The molecule has 0 bridgehead atoms. The Morgan fingerprint density at radius 3 is 2.48 bits per heavy atom. The molecule has 4 heteroatoms. The van der Waals surface area contributed by atoms with Crippen molar-refractivity contribution in [1.29, 1.82) is 0 Å². The van der Waals surface area contributed by atoms with Crippen LogP contribution in [0, 0.1) is 0 Å². The molecule has 108 valence electrons. The Hall–Kier alpha value is -3.27. The summed E-state index contributed by atoms with van der Waals surface area (Å²) >= 11 is 0. The van der Waals surface area contributed by atoms with Crippen LogP contribution in [0.1, 0.15) is 0 Å². The first-order chi connectivity index (χ1) is 11.4. The van der Waals surface area contributed by atoms with E-state index in [9.17, 15) is 0 Å². The monoisotopic (exact) mass is 297 g/mol. The number of benzene rings is 1. The summed E-state index contributed by atoms with van der Waals surface area (Å²) in [4.78, 5) is 13.5. The second kappa shape index (κ2) is 4.61. The predicted molar refractivity (Wildman–Crippen MR) is 90.0 cm³/mol. The fourth-order valence-electron chi connectivity index (χ4n) is 2.84. The molecular weight excluding hydrogens is 286 g/mol. The standard InChI is InChI=1S/C19H11N3O/c1-2-6-15-12(4-1)7-9-16(21-15)17-10-8-14-13-5-3-11-20-18(13)23-19(14)22-17/h1-11H. The Morgan fingerprint density at radius 1 is 0.652 bits per heavy atom. The number of aromatic nitrogens is 3. The minimum absolute atomic E-state index is 0.589. The van der Waals surface area contributed by atoms with E-state index in [1.54, 1.807) is 6.20 Å². The number of para-hydroxylation sites is 1. The quantitative estimate of drug-likeness (QED) is 0.454. The molecule has 0 radical (unpaired) electrons. The van der Waals surface area contributed by atoms with Crippen LogP contribution in [-0.4, -0.2) is 15.0 Å². The van der Waals surface area contributed by atoms with Gasteiger partial charge in [0.1, 0.15) is 0 Å². The summed E-state index contributed by atoms with van der Waals surface area (Å²) in [7, 11) is 0. The van der Waals surface area contributed by atoms with Gasteiger partial charge >= 0.3 is 0 Å². The minimum atomic E-state index is 0.589. The average Bonchev–Trinajstić information content (AvgIpc) is 2.99. The highest BCUT2D eigenvalue weighted by Crippen LogP contribution is 2.28. The minimum Gasteiger partial charge on any atom is -0.419 e. The van der Waals surface area contributed by atoms with Gasteiger partial charge in [-0.15, -0.1) is 0 Å². The van der Waals surface area contributed by atoms with Crippen molar-refractivity contribution in [2.24, 2.45) is 0 Å². The van der Waals surface area contributed by atoms with Crippen LogP contribution in [0.15, 0.2) is 71.3 Å². The van der Waals surface area contributed by atoms with Crippen LogP contribution in [0.3, 0.4) is 0 Å². The molecule has 0 saturated carbocycles. The molecule has 0 spiro atoms. The summed E-state index contributed by atoms with van der Waals surface area (Å²) in [5.41, 5.74) is 3.78. The van der Waals surface area contributed by atoms with Crippen molar-refractivity contribution in [1.82, 2.24) is 15.0 Å². The van der Waals surface area contributed by atoms with Crippen molar-refractivity contribution in [2.45, 2.75) is 0 Å². The Morgan fingerprint density at radius 2 is 1.48 bits per heavy atom. The van der Waals surface area contributed by atoms with Gasteiger partial charge in [0.05, 0.1) is 16.9 Å². The van der Waals surface area contributed by atoms with Crippen LogP contribution < -0.4 is 0 Å². The first kappa shape index (κ1) is 12.3. The second-order valence-electron chi connectivity index (χ2n) is 5.40. The van der Waals surface area contributed by atoms with E-state index in [1.165, 1.54) is 0 Å². The van der Waals surface area contributed by atoms with E-state index < -0.39 is 0 Å².